The first-order valence-corrected chi connectivity index (χ1v) is 14.2. The summed E-state index contributed by atoms with van der Waals surface area (Å²) >= 11 is 0. The second-order valence-electron chi connectivity index (χ2n) is 10.4. The minimum Gasteiger partial charge on any atom is -0.507 e. The zero-order chi connectivity index (χ0) is 29.5. The van der Waals surface area contributed by atoms with Crippen molar-refractivity contribution in [1.82, 2.24) is 9.80 Å². The highest BCUT2D eigenvalue weighted by Gasteiger charge is 2.46. The van der Waals surface area contributed by atoms with E-state index in [0.29, 0.717) is 61.2 Å². The maximum absolute atomic E-state index is 13.5. The number of aliphatic hydroxyl groups excluding tert-OH is 1. The zero-order valence-electron chi connectivity index (χ0n) is 23.8. The SMILES string of the molecule is C=CCOc1ccc(C(O)=C2C(=O)C(=O)N(CCCN3CCOCC3)C2c2cccc(Oc3ccccc3)c2)cc1C. The highest BCUT2D eigenvalue weighted by Crippen LogP contribution is 2.41. The van der Waals surface area contributed by atoms with Gasteiger partial charge in [-0.3, -0.25) is 14.5 Å². The minimum absolute atomic E-state index is 0.0578. The van der Waals surface area contributed by atoms with E-state index in [2.05, 4.69) is 11.5 Å². The molecule has 3 aromatic carbocycles. The van der Waals surface area contributed by atoms with Crippen molar-refractivity contribution in [3.05, 3.63) is 108 Å². The van der Waals surface area contributed by atoms with Crippen LogP contribution in [0.25, 0.3) is 5.76 Å². The lowest BCUT2D eigenvalue weighted by atomic mass is 9.94. The van der Waals surface area contributed by atoms with Gasteiger partial charge in [-0.25, -0.2) is 0 Å². The molecule has 8 nitrogen and oxygen atoms in total. The average molecular weight is 569 g/mol. The topological polar surface area (TPSA) is 88.5 Å². The molecular weight excluding hydrogens is 532 g/mol. The minimum atomic E-state index is -0.772. The summed E-state index contributed by atoms with van der Waals surface area (Å²) in [5, 5.41) is 11.6. The van der Waals surface area contributed by atoms with Crippen LogP contribution in [-0.4, -0.2) is 72.6 Å². The molecule has 5 rings (SSSR count). The molecule has 8 heteroatoms. The third-order valence-electron chi connectivity index (χ3n) is 7.47. The van der Waals surface area contributed by atoms with Crippen LogP contribution in [0.3, 0.4) is 0 Å². The number of Topliss-reactive ketones (excluding diaryl/α,β-unsaturated/α-hetero) is 1. The van der Waals surface area contributed by atoms with E-state index in [-0.39, 0.29) is 11.3 Å². The van der Waals surface area contributed by atoms with Crippen LogP contribution in [0.2, 0.25) is 0 Å². The Kier molecular flexibility index (Phi) is 9.36. The molecule has 0 radical (unpaired) electrons. The first kappa shape index (κ1) is 29.1. The molecule has 2 aliphatic rings. The molecule has 1 atom stereocenters. The molecule has 0 aromatic heterocycles. The van der Waals surface area contributed by atoms with Crippen molar-refractivity contribution in [2.45, 2.75) is 19.4 Å². The Morgan fingerprint density at radius 2 is 1.76 bits per heavy atom. The molecule has 0 bridgehead atoms. The number of nitrogens with zero attached hydrogens (tertiary/aromatic N) is 2. The number of morpholine rings is 1. The smallest absolute Gasteiger partial charge is 0.295 e. The Morgan fingerprint density at radius 1 is 1.00 bits per heavy atom. The third-order valence-corrected chi connectivity index (χ3v) is 7.47. The third kappa shape index (κ3) is 6.56. The van der Waals surface area contributed by atoms with Gasteiger partial charge in [0.25, 0.3) is 11.7 Å². The summed E-state index contributed by atoms with van der Waals surface area (Å²) in [5.41, 5.74) is 1.96. The van der Waals surface area contributed by atoms with Crippen LogP contribution in [-0.2, 0) is 14.3 Å². The Hall–Kier alpha value is -4.40. The number of para-hydroxylation sites is 1. The van der Waals surface area contributed by atoms with Gasteiger partial charge in [-0.2, -0.15) is 0 Å². The predicted octanol–water partition coefficient (Wildman–Crippen LogP) is 5.50. The van der Waals surface area contributed by atoms with E-state index in [1.807, 2.05) is 61.5 Å². The molecule has 2 aliphatic heterocycles. The quantitative estimate of drug-likeness (QED) is 0.142. The molecule has 0 aliphatic carbocycles. The van der Waals surface area contributed by atoms with E-state index < -0.39 is 17.7 Å². The van der Waals surface area contributed by atoms with Gasteiger partial charge in [0.15, 0.2) is 0 Å². The van der Waals surface area contributed by atoms with Crippen LogP contribution in [0.15, 0.2) is 91.0 Å². The normalized spacial score (nSPS) is 18.7. The molecule has 2 heterocycles. The van der Waals surface area contributed by atoms with Gasteiger partial charge in [0.05, 0.1) is 24.8 Å². The summed E-state index contributed by atoms with van der Waals surface area (Å²) < 4.78 is 17.2. The molecule has 2 saturated heterocycles. The Balaban J connectivity index is 1.50. The molecule has 218 valence electrons. The number of rotatable bonds is 11. The summed E-state index contributed by atoms with van der Waals surface area (Å²) in [5.74, 6) is 0.336. The van der Waals surface area contributed by atoms with Crippen molar-refractivity contribution >= 4 is 17.4 Å². The molecule has 3 aromatic rings. The number of carbonyl (C=O) groups excluding carboxylic acids is 2. The fourth-order valence-electron chi connectivity index (χ4n) is 5.38. The number of ketones is 1. The standard InChI is InChI=1S/C34H36N2O6/c1-3-19-41-29-14-13-26(22-24(29)2)32(37)30-31(25-9-7-12-28(23-25)42-27-10-5-4-6-11-27)36(34(39)33(30)38)16-8-15-35-17-20-40-21-18-35/h3-7,9-14,22-23,31,37H,1,8,15-21H2,2H3. The monoisotopic (exact) mass is 568 g/mol. The molecule has 1 N–H and O–H groups in total. The van der Waals surface area contributed by atoms with Crippen molar-refractivity contribution < 1.29 is 28.9 Å². The predicted molar refractivity (Wildman–Crippen MR) is 161 cm³/mol. The van der Waals surface area contributed by atoms with Crippen LogP contribution >= 0.6 is 0 Å². The van der Waals surface area contributed by atoms with Gasteiger partial charge < -0.3 is 24.2 Å². The number of hydrogen-bond acceptors (Lipinski definition) is 7. The van der Waals surface area contributed by atoms with Gasteiger partial charge in [-0.15, -0.1) is 0 Å². The Bertz CT molecular complexity index is 1460. The highest BCUT2D eigenvalue weighted by molar-refractivity contribution is 6.46. The molecule has 0 saturated carbocycles. The fraction of sp³-hybridized carbons (Fsp3) is 0.294. The summed E-state index contributed by atoms with van der Waals surface area (Å²) in [6.45, 7) is 10.1. The summed E-state index contributed by atoms with van der Waals surface area (Å²) in [6.07, 6.45) is 2.34. The lowest BCUT2D eigenvalue weighted by Gasteiger charge is -2.29. The highest BCUT2D eigenvalue weighted by atomic mass is 16.5. The number of benzene rings is 3. The Labute approximate surface area is 246 Å². The number of ether oxygens (including phenoxy) is 3. The van der Waals surface area contributed by atoms with Gasteiger partial charge >= 0.3 is 0 Å². The van der Waals surface area contributed by atoms with Gasteiger partial charge in [-0.05, 0) is 66.9 Å². The van der Waals surface area contributed by atoms with Crippen molar-refractivity contribution in [1.29, 1.82) is 0 Å². The van der Waals surface area contributed by atoms with Gasteiger partial charge in [-0.1, -0.05) is 43.0 Å². The van der Waals surface area contributed by atoms with E-state index in [0.717, 1.165) is 25.2 Å². The van der Waals surface area contributed by atoms with Crippen LogP contribution < -0.4 is 9.47 Å². The molecule has 42 heavy (non-hydrogen) atoms. The fourth-order valence-corrected chi connectivity index (χ4v) is 5.38. The van der Waals surface area contributed by atoms with Crippen LogP contribution in [0, 0.1) is 6.92 Å². The lowest BCUT2D eigenvalue weighted by Crippen LogP contribution is -2.38. The molecule has 0 spiro atoms. The summed E-state index contributed by atoms with van der Waals surface area (Å²) in [4.78, 5) is 30.9. The maximum atomic E-state index is 13.5. The zero-order valence-corrected chi connectivity index (χ0v) is 23.8. The number of hydrogen-bond donors (Lipinski definition) is 1. The second-order valence-corrected chi connectivity index (χ2v) is 10.4. The molecular formula is C34H36N2O6. The summed E-state index contributed by atoms with van der Waals surface area (Å²) in [6, 6.07) is 21.2. The van der Waals surface area contributed by atoms with Gasteiger partial charge in [0.1, 0.15) is 29.6 Å². The van der Waals surface area contributed by atoms with Crippen LogP contribution in [0.1, 0.15) is 29.2 Å². The molecule has 1 amide bonds. The van der Waals surface area contributed by atoms with Crippen molar-refractivity contribution in [3.8, 4) is 17.2 Å². The van der Waals surface area contributed by atoms with E-state index in [1.54, 1.807) is 29.2 Å². The van der Waals surface area contributed by atoms with E-state index in [4.69, 9.17) is 14.2 Å². The van der Waals surface area contributed by atoms with E-state index >= 15 is 0 Å². The molecule has 2 fully saturated rings. The van der Waals surface area contributed by atoms with E-state index in [9.17, 15) is 14.7 Å². The van der Waals surface area contributed by atoms with E-state index in [1.165, 1.54) is 0 Å². The van der Waals surface area contributed by atoms with Crippen LogP contribution in [0.4, 0.5) is 0 Å². The van der Waals surface area contributed by atoms with Crippen molar-refractivity contribution in [2.24, 2.45) is 0 Å². The Morgan fingerprint density at radius 3 is 2.50 bits per heavy atom. The largest absolute Gasteiger partial charge is 0.507 e. The first-order chi connectivity index (χ1) is 20.5. The summed E-state index contributed by atoms with van der Waals surface area (Å²) in [7, 11) is 0. The first-order valence-electron chi connectivity index (χ1n) is 14.2. The molecule has 1 unspecified atom stereocenters. The maximum Gasteiger partial charge on any atom is 0.295 e. The number of aliphatic hydroxyl groups is 1. The van der Waals surface area contributed by atoms with Crippen molar-refractivity contribution in [3.63, 3.8) is 0 Å². The van der Waals surface area contributed by atoms with Crippen molar-refractivity contribution in [2.75, 3.05) is 46.0 Å². The second kappa shape index (κ2) is 13.5. The number of carbonyl (C=O) groups is 2. The van der Waals surface area contributed by atoms with Crippen LogP contribution in [0.5, 0.6) is 17.2 Å². The number of likely N-dealkylation sites (tertiary alicyclic amines) is 1. The lowest BCUT2D eigenvalue weighted by molar-refractivity contribution is -0.140. The van der Waals surface area contributed by atoms with Gasteiger partial charge in [0, 0.05) is 31.7 Å². The van der Waals surface area contributed by atoms with Gasteiger partial charge in [0.2, 0.25) is 0 Å². The number of amides is 1. The number of aryl methyl sites for hydroxylation is 1. The average Bonchev–Trinajstić information content (AvgIpc) is 3.26.